The molecule has 1 N–H and O–H groups in total. The Morgan fingerprint density at radius 3 is 2.40 bits per heavy atom. The molecule has 3 aliphatic rings. The maximum absolute atomic E-state index is 14.2. The summed E-state index contributed by atoms with van der Waals surface area (Å²) in [5.74, 6) is -2.13. The minimum Gasteiger partial charge on any atom is -0.462 e. The first kappa shape index (κ1) is 25.4. The Kier molecular flexibility index (Phi) is 6.56. The number of carbonyl (C=O) groups excluding carboxylic acids is 3. The van der Waals surface area contributed by atoms with Crippen LogP contribution in [0.3, 0.4) is 0 Å². The molecule has 0 saturated heterocycles. The topological polar surface area (TPSA) is 89.9 Å². The number of hydrogen-bond acceptors (Lipinski definition) is 6. The molecular weight excluding hydrogens is 444 g/mol. The summed E-state index contributed by atoms with van der Waals surface area (Å²) in [6.07, 6.45) is 3.05. The van der Waals surface area contributed by atoms with Gasteiger partial charge in [-0.1, -0.05) is 51.1 Å². The minimum atomic E-state index is -1.67. The van der Waals surface area contributed by atoms with Crippen molar-refractivity contribution < 1.29 is 29.0 Å². The summed E-state index contributed by atoms with van der Waals surface area (Å²) in [5.41, 5.74) is -0.105. The summed E-state index contributed by atoms with van der Waals surface area (Å²) in [4.78, 5) is 39.6. The van der Waals surface area contributed by atoms with Gasteiger partial charge in [0.1, 0.15) is 6.10 Å². The maximum Gasteiger partial charge on any atom is 0.339 e. The smallest absolute Gasteiger partial charge is 0.339 e. The minimum absolute atomic E-state index is 0.0407. The summed E-state index contributed by atoms with van der Waals surface area (Å²) in [6, 6.07) is 8.52. The average molecular weight is 481 g/mol. The van der Waals surface area contributed by atoms with Gasteiger partial charge in [-0.05, 0) is 66.7 Å². The third-order valence-electron chi connectivity index (χ3n) is 8.48. The Balaban J connectivity index is 1.87. The zero-order valence-corrected chi connectivity index (χ0v) is 21.4. The summed E-state index contributed by atoms with van der Waals surface area (Å²) < 4.78 is 11.8. The molecule has 7 atom stereocenters. The molecule has 35 heavy (non-hydrogen) atoms. The zero-order valence-electron chi connectivity index (χ0n) is 21.4. The number of ketones is 1. The number of fused-ring (bicyclic) bond motifs is 2. The van der Waals surface area contributed by atoms with Gasteiger partial charge in [0.2, 0.25) is 5.78 Å². The van der Waals surface area contributed by atoms with Crippen LogP contribution in [0.15, 0.2) is 53.6 Å². The summed E-state index contributed by atoms with van der Waals surface area (Å²) in [6.45, 7) is 11.1. The van der Waals surface area contributed by atoms with E-state index in [1.165, 1.54) is 6.92 Å². The number of aliphatic hydroxyl groups excluding tert-OH is 1. The van der Waals surface area contributed by atoms with E-state index < -0.39 is 35.7 Å². The van der Waals surface area contributed by atoms with E-state index in [0.29, 0.717) is 22.6 Å². The molecule has 2 saturated carbocycles. The van der Waals surface area contributed by atoms with Crippen LogP contribution in [0.2, 0.25) is 0 Å². The second-order valence-corrected chi connectivity index (χ2v) is 11.2. The van der Waals surface area contributed by atoms with Crippen molar-refractivity contribution in [2.45, 2.75) is 72.2 Å². The van der Waals surface area contributed by atoms with Crippen LogP contribution in [0.4, 0.5) is 0 Å². The second-order valence-electron chi connectivity index (χ2n) is 11.2. The van der Waals surface area contributed by atoms with Gasteiger partial charge in [0.15, 0.2) is 5.60 Å². The van der Waals surface area contributed by atoms with Crippen LogP contribution >= 0.6 is 0 Å². The molecule has 6 heteroatoms. The lowest BCUT2D eigenvalue weighted by atomic mass is 9.77. The first-order valence-electron chi connectivity index (χ1n) is 12.4. The Morgan fingerprint density at radius 2 is 1.77 bits per heavy atom. The number of allylic oxidation sites excluding steroid dienone is 2. The molecule has 6 nitrogen and oxygen atoms in total. The van der Waals surface area contributed by atoms with Crippen LogP contribution in [0.25, 0.3) is 0 Å². The molecule has 0 unspecified atom stereocenters. The molecule has 0 spiro atoms. The molecule has 2 fully saturated rings. The van der Waals surface area contributed by atoms with Crippen molar-refractivity contribution in [2.75, 3.05) is 0 Å². The number of rotatable bonds is 3. The highest BCUT2D eigenvalue weighted by molar-refractivity contribution is 6.04. The third-order valence-corrected chi connectivity index (χ3v) is 8.48. The molecule has 0 aromatic heterocycles. The fourth-order valence-corrected chi connectivity index (χ4v) is 6.33. The largest absolute Gasteiger partial charge is 0.462 e. The summed E-state index contributed by atoms with van der Waals surface area (Å²) in [5, 5.41) is 11.6. The number of carbonyl (C=O) groups is 3. The standard InChI is InChI=1S/C29H36O6/c1-16-12-13-21-22(28(21,5)6)14-17(2)26(32)29(35-27(33)20-10-8-7-9-11-20)15-18(3)25(34-19(4)30)23(29)24(16)31/h7-12,14,18,21-25,31H,13,15H2,1-6H3/b16-12-,17-14+/t18-,21-,22+,23-,24-,25-,29+/m0/s1. The summed E-state index contributed by atoms with van der Waals surface area (Å²) >= 11 is 0. The van der Waals surface area contributed by atoms with E-state index >= 15 is 0 Å². The van der Waals surface area contributed by atoms with E-state index in [0.717, 1.165) is 6.42 Å². The number of esters is 2. The van der Waals surface area contributed by atoms with E-state index in [2.05, 4.69) is 13.8 Å². The van der Waals surface area contributed by atoms with Gasteiger partial charge in [-0.2, -0.15) is 0 Å². The van der Waals surface area contributed by atoms with Crippen molar-refractivity contribution in [1.82, 2.24) is 0 Å². The van der Waals surface area contributed by atoms with Crippen LogP contribution in [-0.2, 0) is 19.1 Å². The number of aliphatic hydroxyl groups is 1. The molecule has 0 bridgehead atoms. The van der Waals surface area contributed by atoms with Crippen molar-refractivity contribution in [3.63, 3.8) is 0 Å². The fraction of sp³-hybridized carbons (Fsp3) is 0.552. The summed E-state index contributed by atoms with van der Waals surface area (Å²) in [7, 11) is 0. The monoisotopic (exact) mass is 480 g/mol. The lowest BCUT2D eigenvalue weighted by Crippen LogP contribution is -2.54. The van der Waals surface area contributed by atoms with Crippen molar-refractivity contribution in [3.8, 4) is 0 Å². The molecule has 1 aromatic carbocycles. The predicted molar refractivity (Wildman–Crippen MR) is 131 cm³/mol. The molecule has 0 radical (unpaired) electrons. The van der Waals surface area contributed by atoms with Crippen molar-refractivity contribution >= 4 is 17.7 Å². The lowest BCUT2D eigenvalue weighted by molar-refractivity contribution is -0.160. The molecule has 4 rings (SSSR count). The average Bonchev–Trinajstić information content (AvgIpc) is 3.19. The van der Waals surface area contributed by atoms with Gasteiger partial charge in [-0.25, -0.2) is 4.79 Å². The molecule has 0 aliphatic heterocycles. The first-order valence-corrected chi connectivity index (χ1v) is 12.4. The van der Waals surface area contributed by atoms with Crippen molar-refractivity contribution in [3.05, 3.63) is 59.2 Å². The van der Waals surface area contributed by atoms with E-state index in [-0.39, 0.29) is 29.5 Å². The Hall–Kier alpha value is -2.73. The zero-order chi connectivity index (χ0) is 25.7. The second kappa shape index (κ2) is 9.05. The van der Waals surface area contributed by atoms with Gasteiger partial charge in [-0.3, -0.25) is 9.59 Å². The van der Waals surface area contributed by atoms with Gasteiger partial charge in [0.25, 0.3) is 0 Å². The van der Waals surface area contributed by atoms with Crippen LogP contribution in [0.1, 0.15) is 64.7 Å². The van der Waals surface area contributed by atoms with E-state index in [1.807, 2.05) is 26.0 Å². The SMILES string of the molecule is CC(=O)O[C@@H]1[C@@H]2[C@@H](O)/C(C)=C\C[C@H]3[C@@H](/C=C(\C)C(=O)[C@@]2(OC(=O)c2ccccc2)C[C@@H]1C)C3(C)C. The fourth-order valence-electron chi connectivity index (χ4n) is 6.33. The number of benzene rings is 1. The lowest BCUT2D eigenvalue weighted by Gasteiger charge is -2.38. The highest BCUT2D eigenvalue weighted by Crippen LogP contribution is 2.62. The first-order chi connectivity index (χ1) is 16.4. The van der Waals surface area contributed by atoms with Gasteiger partial charge in [0.05, 0.1) is 17.6 Å². The predicted octanol–water partition coefficient (Wildman–Crippen LogP) is 4.67. The maximum atomic E-state index is 14.2. The van der Waals surface area contributed by atoms with E-state index in [9.17, 15) is 19.5 Å². The number of hydrogen-bond donors (Lipinski definition) is 1. The van der Waals surface area contributed by atoms with Crippen LogP contribution in [-0.4, -0.2) is 40.6 Å². The van der Waals surface area contributed by atoms with Gasteiger partial charge < -0.3 is 14.6 Å². The van der Waals surface area contributed by atoms with Crippen molar-refractivity contribution in [2.24, 2.45) is 29.1 Å². The van der Waals surface area contributed by atoms with Crippen LogP contribution in [0.5, 0.6) is 0 Å². The van der Waals surface area contributed by atoms with Gasteiger partial charge in [-0.15, -0.1) is 0 Å². The molecule has 0 amide bonds. The molecule has 3 aliphatic carbocycles. The van der Waals surface area contributed by atoms with E-state index in [4.69, 9.17) is 9.47 Å². The molecule has 188 valence electrons. The third kappa shape index (κ3) is 4.37. The highest BCUT2D eigenvalue weighted by Gasteiger charge is 2.64. The highest BCUT2D eigenvalue weighted by atomic mass is 16.6. The Labute approximate surface area is 207 Å². The molecule has 1 aromatic rings. The Bertz CT molecular complexity index is 1080. The molecular formula is C29H36O6. The normalized spacial score (nSPS) is 39.0. The number of Topliss-reactive ketones (excluding diaryl/α,β-unsaturated/α-hetero) is 1. The van der Waals surface area contributed by atoms with Crippen LogP contribution < -0.4 is 0 Å². The van der Waals surface area contributed by atoms with Crippen LogP contribution in [0, 0.1) is 29.1 Å². The van der Waals surface area contributed by atoms with Gasteiger partial charge >= 0.3 is 11.9 Å². The van der Waals surface area contributed by atoms with Gasteiger partial charge in [0, 0.05) is 13.3 Å². The molecule has 0 heterocycles. The van der Waals surface area contributed by atoms with E-state index in [1.54, 1.807) is 37.3 Å². The van der Waals surface area contributed by atoms with Crippen molar-refractivity contribution in [1.29, 1.82) is 0 Å². The quantitative estimate of drug-likeness (QED) is 0.500. The number of ether oxygens (including phenoxy) is 2. The Morgan fingerprint density at radius 1 is 1.11 bits per heavy atom.